The van der Waals surface area contributed by atoms with Gasteiger partial charge in [-0.25, -0.2) is 14.5 Å². The minimum Gasteiger partial charge on any atom is -0.443 e. The summed E-state index contributed by atoms with van der Waals surface area (Å²) in [7, 11) is 0. The molecule has 0 aromatic rings. The SMILES string of the molecule is CC=C[C@H](CCN(C(=O)OC(C)(C)C)C(=O)OC(C)(C)C)[C@H]1COC(C)(C)N1C(C)(C)C. The van der Waals surface area contributed by atoms with Gasteiger partial charge in [0.2, 0.25) is 0 Å². The van der Waals surface area contributed by atoms with E-state index < -0.39 is 29.1 Å². The molecule has 32 heavy (non-hydrogen) atoms. The number of rotatable bonds is 5. The molecular weight excluding hydrogens is 408 g/mol. The number of ether oxygens (including phenoxy) is 3. The Balaban J connectivity index is 3.14. The van der Waals surface area contributed by atoms with Gasteiger partial charge in [-0.3, -0.25) is 4.90 Å². The molecule has 1 heterocycles. The van der Waals surface area contributed by atoms with E-state index in [9.17, 15) is 9.59 Å². The van der Waals surface area contributed by atoms with E-state index in [0.717, 1.165) is 4.90 Å². The van der Waals surface area contributed by atoms with Gasteiger partial charge in [-0.05, 0) is 95.4 Å². The van der Waals surface area contributed by atoms with Crippen LogP contribution in [0.3, 0.4) is 0 Å². The minimum absolute atomic E-state index is 0.0772. The molecule has 0 saturated carbocycles. The molecule has 0 unspecified atom stereocenters. The van der Waals surface area contributed by atoms with Gasteiger partial charge in [0.05, 0.1) is 6.61 Å². The van der Waals surface area contributed by atoms with Gasteiger partial charge in [-0.2, -0.15) is 0 Å². The first-order chi connectivity index (χ1) is 14.3. The van der Waals surface area contributed by atoms with Crippen LogP contribution < -0.4 is 0 Å². The third-order valence-corrected chi connectivity index (χ3v) is 5.09. The van der Waals surface area contributed by atoms with Crippen LogP contribution in [-0.2, 0) is 14.2 Å². The average Bonchev–Trinajstić information content (AvgIpc) is 2.86. The van der Waals surface area contributed by atoms with Crippen molar-refractivity contribution in [2.75, 3.05) is 13.2 Å². The molecule has 0 N–H and O–H groups in total. The molecule has 0 radical (unpaired) electrons. The molecule has 1 saturated heterocycles. The summed E-state index contributed by atoms with van der Waals surface area (Å²) in [6, 6.07) is 0.111. The lowest BCUT2D eigenvalue weighted by molar-refractivity contribution is -0.0944. The van der Waals surface area contributed by atoms with E-state index in [4.69, 9.17) is 14.2 Å². The maximum Gasteiger partial charge on any atom is 0.419 e. The van der Waals surface area contributed by atoms with Crippen molar-refractivity contribution in [1.82, 2.24) is 9.80 Å². The Labute approximate surface area is 195 Å². The molecule has 1 rings (SSSR count). The highest BCUT2D eigenvalue weighted by atomic mass is 16.6. The maximum absolute atomic E-state index is 12.9. The summed E-state index contributed by atoms with van der Waals surface area (Å²) in [6.07, 6.45) is 3.33. The van der Waals surface area contributed by atoms with Crippen molar-refractivity contribution >= 4 is 12.2 Å². The second kappa shape index (κ2) is 10.1. The fourth-order valence-corrected chi connectivity index (χ4v) is 4.29. The standard InChI is InChI=1S/C25H46N2O5/c1-13-14-18(19-17-30-25(11,12)27(19)22(2,3)4)15-16-26(20(28)31-23(5,6)7)21(29)32-24(8,9)10/h13-14,18-19H,15-17H2,1-12H3/t18-,19-/m1/s1. The van der Waals surface area contributed by atoms with Crippen LogP contribution in [0.1, 0.15) is 89.5 Å². The number of imide groups is 1. The molecule has 1 fully saturated rings. The lowest BCUT2D eigenvalue weighted by Crippen LogP contribution is -2.56. The van der Waals surface area contributed by atoms with E-state index in [0.29, 0.717) is 13.0 Å². The normalized spacial score (nSPS) is 20.9. The van der Waals surface area contributed by atoms with E-state index in [-0.39, 0.29) is 24.0 Å². The van der Waals surface area contributed by atoms with Gasteiger partial charge in [-0.15, -0.1) is 0 Å². The molecule has 7 nitrogen and oxygen atoms in total. The number of hydrogen-bond acceptors (Lipinski definition) is 6. The number of nitrogens with zero attached hydrogens (tertiary/aromatic N) is 2. The number of allylic oxidation sites excluding steroid dienone is 1. The van der Waals surface area contributed by atoms with Gasteiger partial charge >= 0.3 is 12.2 Å². The third kappa shape index (κ3) is 8.39. The summed E-state index contributed by atoms with van der Waals surface area (Å²) in [5.74, 6) is 0.0772. The predicted octanol–water partition coefficient (Wildman–Crippen LogP) is 5.98. The second-order valence-electron chi connectivity index (χ2n) is 12.0. The predicted molar refractivity (Wildman–Crippen MR) is 128 cm³/mol. The Hall–Kier alpha value is -1.60. The van der Waals surface area contributed by atoms with Crippen LogP contribution in [-0.4, -0.2) is 63.6 Å². The Morgan fingerprint density at radius 1 is 1.03 bits per heavy atom. The van der Waals surface area contributed by atoms with Crippen molar-refractivity contribution < 1.29 is 23.8 Å². The highest BCUT2D eigenvalue weighted by Gasteiger charge is 2.48. The van der Waals surface area contributed by atoms with Crippen molar-refractivity contribution in [3.63, 3.8) is 0 Å². The van der Waals surface area contributed by atoms with Crippen molar-refractivity contribution in [2.24, 2.45) is 5.92 Å². The van der Waals surface area contributed by atoms with E-state index in [1.54, 1.807) is 41.5 Å². The number of hydrogen-bond donors (Lipinski definition) is 0. The fraction of sp³-hybridized carbons (Fsp3) is 0.840. The zero-order chi connectivity index (χ0) is 25.1. The van der Waals surface area contributed by atoms with E-state index >= 15 is 0 Å². The zero-order valence-electron chi connectivity index (χ0n) is 22.4. The summed E-state index contributed by atoms with van der Waals surface area (Å²) >= 11 is 0. The van der Waals surface area contributed by atoms with Crippen LogP contribution in [0.25, 0.3) is 0 Å². The van der Waals surface area contributed by atoms with Crippen LogP contribution in [0.15, 0.2) is 12.2 Å². The van der Waals surface area contributed by atoms with Gasteiger partial charge in [0.15, 0.2) is 0 Å². The van der Waals surface area contributed by atoms with E-state index in [2.05, 4.69) is 45.6 Å². The molecule has 0 aromatic carbocycles. The molecule has 2 amide bonds. The summed E-state index contributed by atoms with van der Waals surface area (Å²) < 4.78 is 17.1. The van der Waals surface area contributed by atoms with E-state index in [1.165, 1.54) is 0 Å². The molecule has 0 spiro atoms. The van der Waals surface area contributed by atoms with Crippen LogP contribution >= 0.6 is 0 Å². The summed E-state index contributed by atoms with van der Waals surface area (Å²) in [6.45, 7) is 24.1. The molecule has 7 heteroatoms. The molecule has 186 valence electrons. The van der Waals surface area contributed by atoms with Crippen molar-refractivity contribution in [3.05, 3.63) is 12.2 Å². The van der Waals surface area contributed by atoms with Crippen molar-refractivity contribution in [1.29, 1.82) is 0 Å². The van der Waals surface area contributed by atoms with Crippen LogP contribution in [0.5, 0.6) is 0 Å². The molecular formula is C25H46N2O5. The monoisotopic (exact) mass is 454 g/mol. The lowest BCUT2D eigenvalue weighted by atomic mass is 9.90. The van der Waals surface area contributed by atoms with Gasteiger partial charge < -0.3 is 14.2 Å². The smallest absolute Gasteiger partial charge is 0.419 e. The highest BCUT2D eigenvalue weighted by Crippen LogP contribution is 2.38. The molecule has 2 atom stereocenters. The average molecular weight is 455 g/mol. The first-order valence-electron chi connectivity index (χ1n) is 11.6. The van der Waals surface area contributed by atoms with Crippen molar-refractivity contribution in [2.45, 2.75) is 118 Å². The van der Waals surface area contributed by atoms with Gasteiger partial charge in [-0.1, -0.05) is 12.2 Å². The topological polar surface area (TPSA) is 68.3 Å². The summed E-state index contributed by atoms with van der Waals surface area (Å²) in [5.41, 5.74) is -1.95. The van der Waals surface area contributed by atoms with E-state index in [1.807, 2.05) is 13.0 Å². The number of carbonyl (C=O) groups excluding carboxylic acids is 2. The summed E-state index contributed by atoms with van der Waals surface area (Å²) in [4.78, 5) is 29.2. The second-order valence-corrected chi connectivity index (χ2v) is 12.0. The van der Waals surface area contributed by atoms with Crippen LogP contribution in [0.2, 0.25) is 0 Å². The van der Waals surface area contributed by atoms with Gasteiger partial charge in [0, 0.05) is 18.1 Å². The highest BCUT2D eigenvalue weighted by molar-refractivity contribution is 5.88. The Morgan fingerprint density at radius 3 is 1.88 bits per heavy atom. The van der Waals surface area contributed by atoms with Crippen LogP contribution in [0.4, 0.5) is 9.59 Å². The Bertz CT molecular complexity index is 652. The first-order valence-corrected chi connectivity index (χ1v) is 11.6. The third-order valence-electron chi connectivity index (χ3n) is 5.09. The number of amides is 2. The Kier molecular flexibility index (Phi) is 8.99. The first kappa shape index (κ1) is 28.4. The van der Waals surface area contributed by atoms with Crippen molar-refractivity contribution in [3.8, 4) is 0 Å². The molecule has 0 aromatic heterocycles. The molecule has 1 aliphatic rings. The minimum atomic E-state index is -0.716. The zero-order valence-corrected chi connectivity index (χ0v) is 22.4. The number of carbonyl (C=O) groups is 2. The van der Waals surface area contributed by atoms with Crippen LogP contribution in [0, 0.1) is 5.92 Å². The van der Waals surface area contributed by atoms with Gasteiger partial charge in [0.1, 0.15) is 16.9 Å². The molecule has 0 bridgehead atoms. The molecule has 1 aliphatic heterocycles. The molecule has 0 aliphatic carbocycles. The maximum atomic E-state index is 12.9. The summed E-state index contributed by atoms with van der Waals surface area (Å²) in [5, 5.41) is 0. The largest absolute Gasteiger partial charge is 0.443 e. The van der Waals surface area contributed by atoms with Gasteiger partial charge in [0.25, 0.3) is 0 Å². The lowest BCUT2D eigenvalue weighted by Gasteiger charge is -2.45. The quantitative estimate of drug-likeness (QED) is 0.476. The fourth-order valence-electron chi connectivity index (χ4n) is 4.29. The Morgan fingerprint density at radius 2 is 1.50 bits per heavy atom.